The number of carbonyl (C=O) groups is 2. The van der Waals surface area contributed by atoms with Crippen LogP contribution < -0.4 is 5.32 Å². The van der Waals surface area contributed by atoms with Gasteiger partial charge in [0.1, 0.15) is 0 Å². The predicted octanol–water partition coefficient (Wildman–Crippen LogP) is 0.826. The Morgan fingerprint density at radius 2 is 1.76 bits per heavy atom. The van der Waals surface area contributed by atoms with Crippen molar-refractivity contribution in [1.29, 1.82) is 0 Å². The molecule has 3 fully saturated rings. The highest BCUT2D eigenvalue weighted by atomic mass is 16.4. The zero-order chi connectivity index (χ0) is 15.0. The van der Waals surface area contributed by atoms with E-state index in [9.17, 15) is 14.7 Å². The van der Waals surface area contributed by atoms with Crippen molar-refractivity contribution in [2.75, 3.05) is 13.1 Å². The van der Waals surface area contributed by atoms with Gasteiger partial charge < -0.3 is 25.3 Å². The van der Waals surface area contributed by atoms with Gasteiger partial charge in [-0.25, -0.2) is 9.59 Å². The van der Waals surface area contributed by atoms with E-state index in [4.69, 9.17) is 5.11 Å². The number of piperidine rings is 2. The average Bonchev–Trinajstić information content (AvgIpc) is 2.71. The Morgan fingerprint density at radius 1 is 1.10 bits per heavy atom. The number of hydrogen-bond donors (Lipinski definition) is 3. The van der Waals surface area contributed by atoms with E-state index in [0.717, 1.165) is 25.7 Å². The monoisotopic (exact) mass is 297 g/mol. The van der Waals surface area contributed by atoms with Crippen molar-refractivity contribution in [1.82, 2.24) is 15.1 Å². The lowest BCUT2D eigenvalue weighted by molar-refractivity contribution is 0.0520. The summed E-state index contributed by atoms with van der Waals surface area (Å²) in [6.07, 6.45) is 3.64. The number of hydrogen-bond acceptors (Lipinski definition) is 3. The number of nitrogens with zero attached hydrogens (tertiary/aromatic N) is 2. The maximum atomic E-state index is 12.5. The molecule has 0 saturated carbocycles. The Morgan fingerprint density at radius 3 is 2.38 bits per heavy atom. The van der Waals surface area contributed by atoms with Gasteiger partial charge in [-0.1, -0.05) is 0 Å². The molecule has 3 saturated heterocycles. The summed E-state index contributed by atoms with van der Waals surface area (Å²) in [5.74, 6) is 0. The molecule has 0 aromatic carbocycles. The largest absolute Gasteiger partial charge is 0.465 e. The lowest BCUT2D eigenvalue weighted by atomic mass is 10.0. The highest BCUT2D eigenvalue weighted by Gasteiger charge is 2.43. The molecular weight excluding hydrogens is 274 g/mol. The molecule has 3 N–H and O–H groups in total. The summed E-state index contributed by atoms with van der Waals surface area (Å²) in [6, 6.07) is 0.0797. The van der Waals surface area contributed by atoms with Gasteiger partial charge in [0.25, 0.3) is 0 Å². The maximum absolute atomic E-state index is 12.5. The SMILES string of the molecule is O=C(O)N1CCC[C@H](NC(=O)N2[C@@H]3CC[C@H]2CC(O)C3)C1. The number of nitrogens with one attached hydrogen (secondary N) is 1. The zero-order valence-corrected chi connectivity index (χ0v) is 12.1. The first-order chi connectivity index (χ1) is 10.0. The minimum atomic E-state index is -0.921. The lowest BCUT2D eigenvalue weighted by Crippen LogP contribution is -2.56. The van der Waals surface area contributed by atoms with Crippen molar-refractivity contribution in [2.24, 2.45) is 0 Å². The van der Waals surface area contributed by atoms with E-state index < -0.39 is 6.09 Å². The fourth-order valence-electron chi connectivity index (χ4n) is 4.00. The third kappa shape index (κ3) is 2.92. The average molecular weight is 297 g/mol. The summed E-state index contributed by atoms with van der Waals surface area (Å²) in [7, 11) is 0. The first-order valence-corrected chi connectivity index (χ1v) is 7.79. The normalized spacial score (nSPS) is 35.7. The second kappa shape index (κ2) is 5.71. The zero-order valence-electron chi connectivity index (χ0n) is 12.1. The second-order valence-corrected chi connectivity index (χ2v) is 6.43. The summed E-state index contributed by atoms with van der Waals surface area (Å²) in [6.45, 7) is 0.912. The Kier molecular flexibility index (Phi) is 3.93. The Balaban J connectivity index is 1.58. The van der Waals surface area contributed by atoms with Gasteiger partial charge in [0.15, 0.2) is 0 Å². The van der Waals surface area contributed by atoms with Crippen LogP contribution in [0, 0.1) is 0 Å². The quantitative estimate of drug-likeness (QED) is 0.668. The van der Waals surface area contributed by atoms with Gasteiger partial charge in [0.05, 0.1) is 6.10 Å². The number of rotatable bonds is 1. The van der Waals surface area contributed by atoms with Crippen molar-refractivity contribution in [3.05, 3.63) is 0 Å². The molecule has 0 aromatic heterocycles. The Bertz CT molecular complexity index is 416. The second-order valence-electron chi connectivity index (χ2n) is 6.43. The van der Waals surface area contributed by atoms with Crippen LogP contribution in [0.4, 0.5) is 9.59 Å². The number of aliphatic hydroxyl groups excluding tert-OH is 1. The highest BCUT2D eigenvalue weighted by Crippen LogP contribution is 2.35. The van der Waals surface area contributed by atoms with Crippen molar-refractivity contribution < 1.29 is 19.8 Å². The molecule has 21 heavy (non-hydrogen) atoms. The smallest absolute Gasteiger partial charge is 0.407 e. The molecule has 3 heterocycles. The molecule has 0 aromatic rings. The van der Waals surface area contributed by atoms with Gasteiger partial charge >= 0.3 is 12.1 Å². The number of aliphatic hydroxyl groups is 1. The van der Waals surface area contributed by atoms with Crippen LogP contribution in [0.3, 0.4) is 0 Å². The van der Waals surface area contributed by atoms with Crippen LogP contribution in [-0.2, 0) is 0 Å². The molecule has 3 rings (SSSR count). The number of fused-ring (bicyclic) bond motifs is 2. The van der Waals surface area contributed by atoms with Crippen LogP contribution in [0.15, 0.2) is 0 Å². The van der Waals surface area contributed by atoms with Crippen LogP contribution in [0.2, 0.25) is 0 Å². The van der Waals surface area contributed by atoms with Crippen molar-refractivity contribution in [3.8, 4) is 0 Å². The number of urea groups is 1. The number of amides is 3. The van der Waals surface area contributed by atoms with Crippen LogP contribution in [0.1, 0.15) is 38.5 Å². The van der Waals surface area contributed by atoms with E-state index in [-0.39, 0.29) is 30.3 Å². The van der Waals surface area contributed by atoms with E-state index in [1.807, 2.05) is 4.90 Å². The fraction of sp³-hybridized carbons (Fsp3) is 0.857. The summed E-state index contributed by atoms with van der Waals surface area (Å²) in [5.41, 5.74) is 0. The van der Waals surface area contributed by atoms with Gasteiger partial charge in [-0.3, -0.25) is 0 Å². The lowest BCUT2D eigenvalue weighted by Gasteiger charge is -2.39. The van der Waals surface area contributed by atoms with E-state index in [0.29, 0.717) is 25.9 Å². The third-order valence-corrected chi connectivity index (χ3v) is 4.96. The molecular formula is C14H23N3O4. The van der Waals surface area contributed by atoms with Crippen LogP contribution in [0.5, 0.6) is 0 Å². The standard InChI is InChI=1S/C14H23N3O4/c18-12-6-10-3-4-11(7-12)17(10)13(19)15-9-2-1-5-16(8-9)14(20)21/h9-12,18H,1-8H2,(H,15,19)(H,20,21)/t9-,10-,11+,12?/m0/s1. The summed E-state index contributed by atoms with van der Waals surface area (Å²) >= 11 is 0. The van der Waals surface area contributed by atoms with Gasteiger partial charge in [-0.15, -0.1) is 0 Å². The number of likely N-dealkylation sites (tertiary alicyclic amines) is 1. The van der Waals surface area contributed by atoms with E-state index in [2.05, 4.69) is 5.32 Å². The Labute approximate surface area is 123 Å². The molecule has 7 heteroatoms. The molecule has 2 bridgehead atoms. The molecule has 1 unspecified atom stereocenters. The predicted molar refractivity (Wildman–Crippen MR) is 75.0 cm³/mol. The molecule has 4 atom stereocenters. The third-order valence-electron chi connectivity index (χ3n) is 4.96. The van der Waals surface area contributed by atoms with Gasteiger partial charge in [-0.05, 0) is 38.5 Å². The first-order valence-electron chi connectivity index (χ1n) is 7.79. The minimum Gasteiger partial charge on any atom is -0.465 e. The van der Waals surface area contributed by atoms with Crippen LogP contribution >= 0.6 is 0 Å². The van der Waals surface area contributed by atoms with Crippen molar-refractivity contribution in [3.63, 3.8) is 0 Å². The molecule has 0 radical (unpaired) electrons. The summed E-state index contributed by atoms with van der Waals surface area (Å²) in [5, 5.41) is 21.8. The number of carbonyl (C=O) groups excluding carboxylic acids is 1. The molecule has 0 spiro atoms. The van der Waals surface area contributed by atoms with E-state index >= 15 is 0 Å². The molecule has 3 aliphatic heterocycles. The number of carboxylic acid groups (broad SMARTS) is 1. The van der Waals surface area contributed by atoms with Crippen LogP contribution in [-0.4, -0.2) is 69.5 Å². The molecule has 0 aliphatic carbocycles. The minimum absolute atomic E-state index is 0.0911. The van der Waals surface area contributed by atoms with Crippen LogP contribution in [0.25, 0.3) is 0 Å². The fourth-order valence-corrected chi connectivity index (χ4v) is 4.00. The maximum Gasteiger partial charge on any atom is 0.407 e. The molecule has 3 amide bonds. The first kappa shape index (κ1) is 14.4. The van der Waals surface area contributed by atoms with E-state index in [1.54, 1.807) is 0 Å². The van der Waals surface area contributed by atoms with Crippen molar-refractivity contribution >= 4 is 12.1 Å². The highest BCUT2D eigenvalue weighted by molar-refractivity contribution is 5.76. The van der Waals surface area contributed by atoms with Gasteiger partial charge in [0.2, 0.25) is 0 Å². The Hall–Kier alpha value is -1.50. The van der Waals surface area contributed by atoms with Gasteiger partial charge in [0, 0.05) is 31.2 Å². The van der Waals surface area contributed by atoms with Crippen molar-refractivity contribution in [2.45, 2.75) is 62.8 Å². The van der Waals surface area contributed by atoms with Gasteiger partial charge in [-0.2, -0.15) is 0 Å². The molecule has 3 aliphatic rings. The summed E-state index contributed by atoms with van der Waals surface area (Å²) < 4.78 is 0. The topological polar surface area (TPSA) is 93.1 Å². The summed E-state index contributed by atoms with van der Waals surface area (Å²) in [4.78, 5) is 26.7. The molecule has 7 nitrogen and oxygen atoms in total. The molecule has 118 valence electrons. The van der Waals surface area contributed by atoms with E-state index in [1.165, 1.54) is 4.90 Å².